The summed E-state index contributed by atoms with van der Waals surface area (Å²) in [6, 6.07) is 9.04. The van der Waals surface area contributed by atoms with Gasteiger partial charge >= 0.3 is 0 Å². The van der Waals surface area contributed by atoms with E-state index in [0.717, 1.165) is 78.0 Å². The molecule has 0 aliphatic carbocycles. The van der Waals surface area contributed by atoms with Crippen LogP contribution in [0.1, 0.15) is 36.9 Å². The summed E-state index contributed by atoms with van der Waals surface area (Å²) < 4.78 is 16.8. The summed E-state index contributed by atoms with van der Waals surface area (Å²) in [5, 5.41) is 6.82. The van der Waals surface area contributed by atoms with Crippen LogP contribution < -0.4 is 10.6 Å². The van der Waals surface area contributed by atoms with E-state index in [4.69, 9.17) is 19.2 Å². The third kappa shape index (κ3) is 7.54. The van der Waals surface area contributed by atoms with Crippen molar-refractivity contribution in [3.63, 3.8) is 0 Å². The van der Waals surface area contributed by atoms with E-state index in [9.17, 15) is 0 Å². The molecular weight excluding hydrogens is 380 g/mol. The number of ether oxygens (including phenoxy) is 3. The Bertz CT molecular complexity index is 643. The maximum absolute atomic E-state index is 5.85. The fraction of sp³-hybridized carbons (Fsp3) is 0.696. The first-order valence-electron chi connectivity index (χ1n) is 11.4. The molecule has 0 saturated carbocycles. The van der Waals surface area contributed by atoms with E-state index < -0.39 is 0 Å². The van der Waals surface area contributed by atoms with Gasteiger partial charge in [0, 0.05) is 39.4 Å². The molecule has 0 radical (unpaired) electrons. The molecule has 2 N–H and O–H groups in total. The van der Waals surface area contributed by atoms with Gasteiger partial charge in [-0.25, -0.2) is 0 Å². The smallest absolute Gasteiger partial charge is 0.191 e. The molecule has 7 heteroatoms. The molecule has 0 aromatic heterocycles. The van der Waals surface area contributed by atoms with Crippen LogP contribution in [0.2, 0.25) is 0 Å². The van der Waals surface area contributed by atoms with Crippen LogP contribution in [0.3, 0.4) is 0 Å². The van der Waals surface area contributed by atoms with Gasteiger partial charge in [-0.3, -0.25) is 9.89 Å². The fourth-order valence-electron chi connectivity index (χ4n) is 3.89. The molecule has 2 heterocycles. The highest BCUT2D eigenvalue weighted by Gasteiger charge is 2.22. The zero-order valence-corrected chi connectivity index (χ0v) is 18.6. The van der Waals surface area contributed by atoms with Gasteiger partial charge in [-0.1, -0.05) is 29.8 Å². The van der Waals surface area contributed by atoms with Gasteiger partial charge in [-0.05, 0) is 32.3 Å². The molecule has 0 amide bonds. The monoisotopic (exact) mass is 418 g/mol. The SMILES string of the molecule is CCNC(=NCC(c1cccc(C)c1)N1CCOCC1)NCCCOC1CCOC1. The molecule has 1 aromatic rings. The number of hydrogen-bond acceptors (Lipinski definition) is 5. The second-order valence-corrected chi connectivity index (χ2v) is 7.93. The highest BCUT2D eigenvalue weighted by molar-refractivity contribution is 5.79. The summed E-state index contributed by atoms with van der Waals surface area (Å²) in [7, 11) is 0. The first kappa shape index (κ1) is 23.0. The molecule has 2 saturated heterocycles. The number of aliphatic imine (C=N–C) groups is 1. The standard InChI is InChI=1S/C23H38N4O3/c1-3-24-23(25-9-5-12-30-21-8-13-29-18-21)26-17-22(27-10-14-28-15-11-27)20-7-4-6-19(2)16-20/h4,6-7,16,21-22H,3,5,8-15,17-18H2,1-2H3,(H2,24,25,26). The molecule has 2 unspecified atom stereocenters. The zero-order chi connectivity index (χ0) is 21.0. The van der Waals surface area contributed by atoms with Gasteiger partial charge in [-0.15, -0.1) is 0 Å². The van der Waals surface area contributed by atoms with Crippen LogP contribution in [0.4, 0.5) is 0 Å². The molecular formula is C23H38N4O3. The lowest BCUT2D eigenvalue weighted by Gasteiger charge is -2.34. The Labute approximate surface area is 181 Å². The van der Waals surface area contributed by atoms with Gasteiger partial charge < -0.3 is 24.8 Å². The average Bonchev–Trinajstić information content (AvgIpc) is 3.28. The number of nitrogens with zero attached hydrogens (tertiary/aromatic N) is 2. The minimum absolute atomic E-state index is 0.259. The molecule has 3 rings (SSSR count). The molecule has 2 atom stereocenters. The number of morpholine rings is 1. The molecule has 0 bridgehead atoms. The Morgan fingerprint density at radius 2 is 2.10 bits per heavy atom. The quantitative estimate of drug-likeness (QED) is 0.345. The van der Waals surface area contributed by atoms with Crippen molar-refractivity contribution >= 4 is 5.96 Å². The third-order valence-corrected chi connectivity index (χ3v) is 5.53. The topological polar surface area (TPSA) is 67.4 Å². The Balaban J connectivity index is 1.54. The van der Waals surface area contributed by atoms with E-state index in [0.29, 0.717) is 6.54 Å². The first-order chi connectivity index (χ1) is 14.8. The summed E-state index contributed by atoms with van der Waals surface area (Å²) in [6.07, 6.45) is 2.24. The van der Waals surface area contributed by atoms with Gasteiger partial charge in [0.1, 0.15) is 0 Å². The number of rotatable bonds is 10. The summed E-state index contributed by atoms with van der Waals surface area (Å²) in [5.74, 6) is 0.868. The summed E-state index contributed by atoms with van der Waals surface area (Å²) in [4.78, 5) is 7.41. The molecule has 1 aromatic carbocycles. The van der Waals surface area contributed by atoms with Crippen molar-refractivity contribution in [1.82, 2.24) is 15.5 Å². The summed E-state index contributed by atoms with van der Waals surface area (Å²) in [5.41, 5.74) is 2.61. The second kappa shape index (κ2) is 12.9. The van der Waals surface area contributed by atoms with Crippen molar-refractivity contribution in [2.45, 2.75) is 38.8 Å². The van der Waals surface area contributed by atoms with E-state index in [-0.39, 0.29) is 12.1 Å². The number of guanidine groups is 1. The highest BCUT2D eigenvalue weighted by atomic mass is 16.5. The Hall–Kier alpha value is -1.67. The largest absolute Gasteiger partial charge is 0.379 e. The van der Waals surface area contributed by atoms with Gasteiger partial charge in [0.05, 0.1) is 38.5 Å². The average molecular weight is 419 g/mol. The lowest BCUT2D eigenvalue weighted by Crippen LogP contribution is -2.42. The predicted molar refractivity (Wildman–Crippen MR) is 120 cm³/mol. The van der Waals surface area contributed by atoms with E-state index >= 15 is 0 Å². The Morgan fingerprint density at radius 3 is 2.83 bits per heavy atom. The molecule has 168 valence electrons. The molecule has 2 fully saturated rings. The van der Waals surface area contributed by atoms with Crippen molar-refractivity contribution < 1.29 is 14.2 Å². The van der Waals surface area contributed by atoms with Crippen LogP contribution in [-0.2, 0) is 14.2 Å². The van der Waals surface area contributed by atoms with E-state index in [1.165, 1.54) is 11.1 Å². The predicted octanol–water partition coefficient (Wildman–Crippen LogP) is 2.12. The maximum atomic E-state index is 5.85. The molecule has 2 aliphatic rings. The Morgan fingerprint density at radius 1 is 1.23 bits per heavy atom. The van der Waals surface area contributed by atoms with E-state index in [2.05, 4.69) is 53.6 Å². The van der Waals surface area contributed by atoms with E-state index in [1.54, 1.807) is 0 Å². The molecule has 7 nitrogen and oxygen atoms in total. The van der Waals surface area contributed by atoms with Crippen molar-refractivity contribution in [1.29, 1.82) is 0 Å². The van der Waals surface area contributed by atoms with Crippen molar-refractivity contribution in [2.24, 2.45) is 4.99 Å². The van der Waals surface area contributed by atoms with Crippen molar-refractivity contribution in [3.05, 3.63) is 35.4 Å². The van der Waals surface area contributed by atoms with Crippen LogP contribution in [0.15, 0.2) is 29.3 Å². The molecule has 30 heavy (non-hydrogen) atoms. The number of benzene rings is 1. The Kier molecular flexibility index (Phi) is 9.89. The summed E-state index contributed by atoms with van der Waals surface area (Å²) in [6.45, 7) is 12.4. The first-order valence-corrected chi connectivity index (χ1v) is 11.4. The zero-order valence-electron chi connectivity index (χ0n) is 18.6. The third-order valence-electron chi connectivity index (χ3n) is 5.53. The van der Waals surface area contributed by atoms with Gasteiger partial charge in [-0.2, -0.15) is 0 Å². The lowest BCUT2D eigenvalue weighted by atomic mass is 10.0. The van der Waals surface area contributed by atoms with Gasteiger partial charge in [0.15, 0.2) is 5.96 Å². The van der Waals surface area contributed by atoms with E-state index in [1.807, 2.05) is 0 Å². The normalized spacial score (nSPS) is 21.5. The van der Waals surface area contributed by atoms with Crippen LogP contribution >= 0.6 is 0 Å². The number of nitrogens with one attached hydrogen (secondary N) is 2. The number of aryl methyl sites for hydroxylation is 1. The van der Waals surface area contributed by atoms with Crippen LogP contribution in [-0.4, -0.2) is 82.7 Å². The van der Waals surface area contributed by atoms with Crippen LogP contribution in [0.25, 0.3) is 0 Å². The minimum Gasteiger partial charge on any atom is -0.379 e. The lowest BCUT2D eigenvalue weighted by molar-refractivity contribution is 0.0179. The maximum Gasteiger partial charge on any atom is 0.191 e. The second-order valence-electron chi connectivity index (χ2n) is 7.93. The molecule has 2 aliphatic heterocycles. The van der Waals surface area contributed by atoms with Gasteiger partial charge in [0.2, 0.25) is 0 Å². The van der Waals surface area contributed by atoms with Crippen LogP contribution in [0.5, 0.6) is 0 Å². The van der Waals surface area contributed by atoms with Crippen LogP contribution in [0, 0.1) is 6.92 Å². The molecule has 0 spiro atoms. The fourth-order valence-corrected chi connectivity index (χ4v) is 3.89. The van der Waals surface area contributed by atoms with Crippen molar-refractivity contribution in [3.8, 4) is 0 Å². The summed E-state index contributed by atoms with van der Waals surface area (Å²) >= 11 is 0. The minimum atomic E-state index is 0.259. The highest BCUT2D eigenvalue weighted by Crippen LogP contribution is 2.23. The van der Waals surface area contributed by atoms with Gasteiger partial charge in [0.25, 0.3) is 0 Å². The number of hydrogen-bond donors (Lipinski definition) is 2. The van der Waals surface area contributed by atoms with Crippen molar-refractivity contribution in [2.75, 3.05) is 65.8 Å².